The van der Waals surface area contributed by atoms with E-state index in [2.05, 4.69) is 5.32 Å². The molecule has 0 saturated carbocycles. The smallest absolute Gasteiger partial charge is 0.222 e. The molecule has 1 N–H and O–H groups in total. The first-order valence-corrected chi connectivity index (χ1v) is 7.69. The molecule has 3 nitrogen and oxygen atoms in total. The van der Waals surface area contributed by atoms with Gasteiger partial charge in [-0.05, 0) is 37.0 Å². The van der Waals surface area contributed by atoms with Crippen molar-refractivity contribution >= 4 is 5.91 Å². The van der Waals surface area contributed by atoms with E-state index in [-0.39, 0.29) is 23.1 Å². The summed E-state index contributed by atoms with van der Waals surface area (Å²) in [6.45, 7) is 5.77. The number of carbonyl (C=O) groups excluding carboxylic acids is 1. The van der Waals surface area contributed by atoms with Gasteiger partial charge in [-0.1, -0.05) is 26.0 Å². The Morgan fingerprint density at radius 1 is 1.43 bits per heavy atom. The summed E-state index contributed by atoms with van der Waals surface area (Å²) >= 11 is 0. The van der Waals surface area contributed by atoms with E-state index in [0.29, 0.717) is 19.8 Å². The first-order chi connectivity index (χ1) is 10.1. The molecule has 1 saturated heterocycles. The fraction of sp³-hybridized carbons (Fsp3) is 0.588. The number of ether oxygens (including phenoxy) is 1. The van der Waals surface area contributed by atoms with Crippen molar-refractivity contribution in [2.24, 2.45) is 5.92 Å². The molecule has 0 unspecified atom stereocenters. The lowest BCUT2D eigenvalue weighted by atomic mass is 9.74. The van der Waals surface area contributed by atoms with E-state index >= 15 is 0 Å². The number of carbonyl (C=O) groups is 1. The van der Waals surface area contributed by atoms with Crippen LogP contribution in [0.3, 0.4) is 0 Å². The Labute approximate surface area is 125 Å². The molecule has 2 rings (SSSR count). The molecule has 1 fully saturated rings. The van der Waals surface area contributed by atoms with E-state index in [1.165, 1.54) is 6.07 Å². The van der Waals surface area contributed by atoms with Crippen LogP contribution in [0.1, 0.15) is 38.7 Å². The highest BCUT2D eigenvalue weighted by molar-refractivity contribution is 5.78. The van der Waals surface area contributed by atoms with E-state index in [0.717, 1.165) is 24.8 Å². The number of halogens is 1. The van der Waals surface area contributed by atoms with Gasteiger partial charge < -0.3 is 10.1 Å². The van der Waals surface area contributed by atoms with Crippen molar-refractivity contribution in [3.05, 3.63) is 35.6 Å². The maximum absolute atomic E-state index is 13.6. The van der Waals surface area contributed by atoms with Crippen LogP contribution in [0, 0.1) is 11.7 Å². The second-order valence-electron chi connectivity index (χ2n) is 5.93. The van der Waals surface area contributed by atoms with Gasteiger partial charge in [0.15, 0.2) is 0 Å². The van der Waals surface area contributed by atoms with E-state index in [1.54, 1.807) is 12.1 Å². The predicted molar refractivity (Wildman–Crippen MR) is 80.6 cm³/mol. The van der Waals surface area contributed by atoms with Crippen molar-refractivity contribution in [1.29, 1.82) is 0 Å². The Morgan fingerprint density at radius 2 is 2.14 bits per heavy atom. The number of benzene rings is 1. The van der Waals surface area contributed by atoms with Gasteiger partial charge >= 0.3 is 0 Å². The summed E-state index contributed by atoms with van der Waals surface area (Å²) in [4.78, 5) is 12.0. The summed E-state index contributed by atoms with van der Waals surface area (Å²) in [6, 6.07) is 6.72. The van der Waals surface area contributed by atoms with Crippen LogP contribution in [-0.2, 0) is 14.9 Å². The molecular weight excluding hydrogens is 269 g/mol. The van der Waals surface area contributed by atoms with Gasteiger partial charge in [-0.15, -0.1) is 0 Å². The Kier molecular flexibility index (Phi) is 5.34. The van der Waals surface area contributed by atoms with Gasteiger partial charge in [-0.3, -0.25) is 4.79 Å². The van der Waals surface area contributed by atoms with Crippen molar-refractivity contribution in [2.75, 3.05) is 19.8 Å². The molecule has 0 bridgehead atoms. The maximum Gasteiger partial charge on any atom is 0.222 e. The van der Waals surface area contributed by atoms with Crippen molar-refractivity contribution in [3.8, 4) is 0 Å². The molecule has 1 atom stereocenters. The molecule has 4 heteroatoms. The van der Waals surface area contributed by atoms with Gasteiger partial charge in [-0.2, -0.15) is 0 Å². The zero-order valence-corrected chi connectivity index (χ0v) is 12.8. The fourth-order valence-corrected chi connectivity index (χ4v) is 2.76. The Bertz CT molecular complexity index is 483. The highest BCUT2D eigenvalue weighted by atomic mass is 19.1. The normalized spacial score (nSPS) is 19.0. The molecule has 1 aromatic carbocycles. The van der Waals surface area contributed by atoms with E-state index < -0.39 is 0 Å². The van der Waals surface area contributed by atoms with Crippen LogP contribution in [0.2, 0.25) is 0 Å². The summed E-state index contributed by atoms with van der Waals surface area (Å²) < 4.78 is 19.0. The molecule has 1 amide bonds. The predicted octanol–water partition coefficient (Wildman–Crippen LogP) is 3.04. The summed E-state index contributed by atoms with van der Waals surface area (Å²) in [5.41, 5.74) is 0.735. The molecule has 0 spiro atoms. The standard InChI is InChI=1S/C17H24FNO2/c1-3-13(2)16(20)19-12-17(7-9-21-10-8-17)14-5-4-6-15(18)11-14/h4-6,11,13H,3,7-10,12H2,1-2H3,(H,19,20)/t13-/m0/s1. The minimum Gasteiger partial charge on any atom is -0.381 e. The van der Waals surface area contributed by atoms with Gasteiger partial charge in [0.25, 0.3) is 0 Å². The minimum atomic E-state index is -0.230. The summed E-state index contributed by atoms with van der Waals surface area (Å²) in [6.07, 6.45) is 2.43. The zero-order valence-electron chi connectivity index (χ0n) is 12.8. The van der Waals surface area contributed by atoms with Crippen LogP contribution in [0.4, 0.5) is 4.39 Å². The molecule has 1 aliphatic heterocycles. The zero-order chi connectivity index (χ0) is 15.3. The third kappa shape index (κ3) is 3.82. The molecule has 1 aliphatic rings. The molecule has 0 radical (unpaired) electrons. The lowest BCUT2D eigenvalue weighted by molar-refractivity contribution is -0.125. The second-order valence-corrected chi connectivity index (χ2v) is 5.93. The quantitative estimate of drug-likeness (QED) is 0.906. The lowest BCUT2D eigenvalue weighted by Crippen LogP contribution is -2.45. The Hall–Kier alpha value is -1.42. The number of hydrogen-bond acceptors (Lipinski definition) is 2. The van der Waals surface area contributed by atoms with Crippen molar-refractivity contribution < 1.29 is 13.9 Å². The SMILES string of the molecule is CC[C@H](C)C(=O)NCC1(c2cccc(F)c2)CCOCC1. The van der Waals surface area contributed by atoms with Gasteiger partial charge in [0.05, 0.1) is 0 Å². The van der Waals surface area contributed by atoms with Gasteiger partial charge in [0.1, 0.15) is 5.82 Å². The number of hydrogen-bond donors (Lipinski definition) is 1. The third-order valence-electron chi connectivity index (χ3n) is 4.55. The molecule has 21 heavy (non-hydrogen) atoms. The van der Waals surface area contributed by atoms with Gasteiger partial charge in [0.2, 0.25) is 5.91 Å². The summed E-state index contributed by atoms with van der Waals surface area (Å²) in [7, 11) is 0. The van der Waals surface area contributed by atoms with Crippen molar-refractivity contribution in [3.63, 3.8) is 0 Å². The van der Waals surface area contributed by atoms with Crippen molar-refractivity contribution in [1.82, 2.24) is 5.32 Å². The van der Waals surface area contributed by atoms with E-state index in [1.807, 2.05) is 19.9 Å². The highest BCUT2D eigenvalue weighted by Crippen LogP contribution is 2.34. The highest BCUT2D eigenvalue weighted by Gasteiger charge is 2.35. The number of amides is 1. The van der Waals surface area contributed by atoms with Crippen LogP contribution in [0.15, 0.2) is 24.3 Å². The van der Waals surface area contributed by atoms with Crippen molar-refractivity contribution in [2.45, 2.75) is 38.5 Å². The van der Waals surface area contributed by atoms with Crippen LogP contribution in [-0.4, -0.2) is 25.7 Å². The third-order valence-corrected chi connectivity index (χ3v) is 4.55. The van der Waals surface area contributed by atoms with E-state index in [4.69, 9.17) is 4.74 Å². The molecule has 116 valence electrons. The van der Waals surface area contributed by atoms with Gasteiger partial charge in [-0.25, -0.2) is 4.39 Å². The Balaban J connectivity index is 2.16. The molecular formula is C17H24FNO2. The first kappa shape index (κ1) is 16.0. The number of nitrogens with one attached hydrogen (secondary N) is 1. The summed E-state index contributed by atoms with van der Waals surface area (Å²) in [5.74, 6) is -0.152. The van der Waals surface area contributed by atoms with Crippen LogP contribution >= 0.6 is 0 Å². The van der Waals surface area contributed by atoms with Crippen LogP contribution in [0.25, 0.3) is 0 Å². The first-order valence-electron chi connectivity index (χ1n) is 7.69. The summed E-state index contributed by atoms with van der Waals surface area (Å²) in [5, 5.41) is 3.04. The molecule has 0 aromatic heterocycles. The maximum atomic E-state index is 13.6. The molecule has 0 aliphatic carbocycles. The average Bonchev–Trinajstić information content (AvgIpc) is 2.52. The van der Waals surface area contributed by atoms with Gasteiger partial charge in [0, 0.05) is 31.1 Å². The number of rotatable bonds is 5. The van der Waals surface area contributed by atoms with Crippen LogP contribution < -0.4 is 5.32 Å². The second kappa shape index (κ2) is 7.03. The molecule has 1 heterocycles. The van der Waals surface area contributed by atoms with Crippen LogP contribution in [0.5, 0.6) is 0 Å². The molecule has 1 aromatic rings. The Morgan fingerprint density at radius 3 is 2.76 bits per heavy atom. The monoisotopic (exact) mass is 293 g/mol. The topological polar surface area (TPSA) is 38.3 Å². The average molecular weight is 293 g/mol. The van der Waals surface area contributed by atoms with E-state index in [9.17, 15) is 9.18 Å². The minimum absolute atomic E-state index is 0.00870. The lowest BCUT2D eigenvalue weighted by Gasteiger charge is -2.38. The fourth-order valence-electron chi connectivity index (χ4n) is 2.76. The largest absolute Gasteiger partial charge is 0.381 e.